The summed E-state index contributed by atoms with van der Waals surface area (Å²) in [6.45, 7) is 6.88. The highest BCUT2D eigenvalue weighted by atomic mass is 32.1. The molecule has 1 aromatic heterocycles. The first-order valence-electron chi connectivity index (χ1n) is 10.8. The van der Waals surface area contributed by atoms with Crippen LogP contribution >= 0.6 is 11.3 Å². The highest BCUT2D eigenvalue weighted by molar-refractivity contribution is 7.09. The average molecular weight is 407 g/mol. The zero-order chi connectivity index (χ0) is 19.8. The van der Waals surface area contributed by atoms with Crippen molar-refractivity contribution in [2.24, 2.45) is 5.92 Å². The van der Waals surface area contributed by atoms with E-state index in [1.807, 2.05) is 0 Å². The maximum atomic E-state index is 12.3. The molecule has 156 valence electrons. The number of aromatic nitrogens is 1. The van der Waals surface area contributed by atoms with E-state index in [-0.39, 0.29) is 18.4 Å². The van der Waals surface area contributed by atoms with E-state index in [9.17, 15) is 9.59 Å². The van der Waals surface area contributed by atoms with E-state index in [4.69, 9.17) is 0 Å². The zero-order valence-electron chi connectivity index (χ0n) is 17.1. The van der Waals surface area contributed by atoms with Gasteiger partial charge < -0.3 is 10.2 Å². The number of carbonyl (C=O) groups excluding carboxylic acids is 2. The Morgan fingerprint density at radius 1 is 1.21 bits per heavy atom. The normalized spacial score (nSPS) is 20.0. The lowest BCUT2D eigenvalue weighted by molar-refractivity contribution is -0.136. The predicted octanol–water partition coefficient (Wildman–Crippen LogP) is 2.83. The van der Waals surface area contributed by atoms with Gasteiger partial charge in [0.05, 0.1) is 17.2 Å². The van der Waals surface area contributed by atoms with Crippen molar-refractivity contribution in [3.63, 3.8) is 0 Å². The molecule has 0 atom stereocenters. The predicted molar refractivity (Wildman–Crippen MR) is 112 cm³/mol. The first-order valence-corrected chi connectivity index (χ1v) is 11.7. The minimum atomic E-state index is -0.00841. The molecule has 0 bridgehead atoms. The van der Waals surface area contributed by atoms with Crippen LogP contribution in [0.5, 0.6) is 0 Å². The van der Waals surface area contributed by atoms with Crippen LogP contribution in [0, 0.1) is 5.92 Å². The molecule has 0 aromatic carbocycles. The highest BCUT2D eigenvalue weighted by Gasteiger charge is 2.22. The molecule has 3 rings (SSSR count). The number of hydrogen-bond acceptors (Lipinski definition) is 5. The van der Waals surface area contributed by atoms with Crippen molar-refractivity contribution in [2.45, 2.75) is 64.8 Å². The Morgan fingerprint density at radius 2 is 2.00 bits per heavy atom. The molecule has 2 aliphatic rings. The zero-order valence-corrected chi connectivity index (χ0v) is 17.9. The van der Waals surface area contributed by atoms with Crippen molar-refractivity contribution in [2.75, 3.05) is 32.7 Å². The van der Waals surface area contributed by atoms with Gasteiger partial charge in [0, 0.05) is 31.4 Å². The van der Waals surface area contributed by atoms with Gasteiger partial charge in [0.25, 0.3) is 0 Å². The molecule has 0 spiro atoms. The van der Waals surface area contributed by atoms with Gasteiger partial charge in [-0.2, -0.15) is 0 Å². The van der Waals surface area contributed by atoms with E-state index in [1.54, 1.807) is 16.2 Å². The third kappa shape index (κ3) is 6.55. The van der Waals surface area contributed by atoms with Crippen LogP contribution < -0.4 is 5.32 Å². The Morgan fingerprint density at radius 3 is 2.75 bits per heavy atom. The SMILES string of the molecule is CCc1nc(CN2CCC(CNC(=O)CN3CCCCCCC3=O)CC2)cs1. The van der Waals surface area contributed by atoms with Crippen LogP contribution in [-0.2, 0) is 22.6 Å². The fourth-order valence-corrected chi connectivity index (χ4v) is 4.77. The number of nitrogens with one attached hydrogen (secondary N) is 1. The summed E-state index contributed by atoms with van der Waals surface area (Å²) < 4.78 is 0. The Bertz CT molecular complexity index is 640. The quantitative estimate of drug-likeness (QED) is 0.756. The summed E-state index contributed by atoms with van der Waals surface area (Å²) >= 11 is 1.75. The Balaban J connectivity index is 1.34. The topological polar surface area (TPSA) is 65.5 Å². The number of amides is 2. The van der Waals surface area contributed by atoms with Gasteiger partial charge in [-0.3, -0.25) is 14.5 Å². The van der Waals surface area contributed by atoms with Crippen molar-refractivity contribution in [3.8, 4) is 0 Å². The third-order valence-electron chi connectivity index (χ3n) is 5.84. The molecule has 6 nitrogen and oxygen atoms in total. The molecule has 2 fully saturated rings. The molecule has 0 aliphatic carbocycles. The second-order valence-corrected chi connectivity index (χ2v) is 9.03. The maximum absolute atomic E-state index is 12.3. The first kappa shape index (κ1) is 21.2. The monoisotopic (exact) mass is 406 g/mol. The standard InChI is InChI=1S/C21H34N4O2S/c1-2-20-23-18(16-28-20)14-24-11-8-17(9-12-24)13-22-19(26)15-25-10-6-4-3-5-7-21(25)27/h16-17H,2-15H2,1H3,(H,22,26). The van der Waals surface area contributed by atoms with Crippen molar-refractivity contribution in [1.29, 1.82) is 0 Å². The summed E-state index contributed by atoms with van der Waals surface area (Å²) in [5.41, 5.74) is 1.19. The Kier molecular flexibility index (Phi) is 8.27. The summed E-state index contributed by atoms with van der Waals surface area (Å²) in [6.07, 6.45) is 8.06. The molecule has 0 radical (unpaired) electrons. The fourth-order valence-electron chi connectivity index (χ4n) is 4.03. The molecule has 7 heteroatoms. The van der Waals surface area contributed by atoms with Crippen LogP contribution in [0.15, 0.2) is 5.38 Å². The van der Waals surface area contributed by atoms with Gasteiger partial charge in [-0.15, -0.1) is 11.3 Å². The number of likely N-dealkylation sites (tertiary alicyclic amines) is 2. The summed E-state index contributed by atoms with van der Waals surface area (Å²) in [6, 6.07) is 0. The smallest absolute Gasteiger partial charge is 0.239 e. The molecular weight excluding hydrogens is 372 g/mol. The number of piperidine rings is 1. The van der Waals surface area contributed by atoms with Crippen LogP contribution in [0.25, 0.3) is 0 Å². The van der Waals surface area contributed by atoms with Gasteiger partial charge in [0.1, 0.15) is 0 Å². The molecule has 1 N–H and O–H groups in total. The Hall–Kier alpha value is -1.47. The van der Waals surface area contributed by atoms with Gasteiger partial charge in [-0.1, -0.05) is 19.8 Å². The molecular formula is C21H34N4O2S. The van der Waals surface area contributed by atoms with Gasteiger partial charge in [0.15, 0.2) is 0 Å². The van der Waals surface area contributed by atoms with E-state index in [0.29, 0.717) is 12.3 Å². The van der Waals surface area contributed by atoms with Gasteiger partial charge in [-0.05, 0) is 51.1 Å². The minimum Gasteiger partial charge on any atom is -0.354 e. The lowest BCUT2D eigenvalue weighted by Crippen LogP contribution is -2.44. The van der Waals surface area contributed by atoms with Crippen LogP contribution in [0.3, 0.4) is 0 Å². The lowest BCUT2D eigenvalue weighted by Gasteiger charge is -2.31. The largest absolute Gasteiger partial charge is 0.354 e. The van der Waals surface area contributed by atoms with Gasteiger partial charge in [0.2, 0.25) is 11.8 Å². The number of carbonyl (C=O) groups is 2. The van der Waals surface area contributed by atoms with E-state index in [2.05, 4.69) is 27.5 Å². The summed E-state index contributed by atoms with van der Waals surface area (Å²) in [5.74, 6) is 0.659. The molecule has 28 heavy (non-hydrogen) atoms. The van der Waals surface area contributed by atoms with Crippen molar-refractivity contribution in [1.82, 2.24) is 20.1 Å². The van der Waals surface area contributed by atoms with Gasteiger partial charge in [-0.25, -0.2) is 4.98 Å². The number of nitrogens with zero attached hydrogens (tertiary/aromatic N) is 3. The molecule has 2 aliphatic heterocycles. The fraction of sp³-hybridized carbons (Fsp3) is 0.762. The highest BCUT2D eigenvalue weighted by Crippen LogP contribution is 2.19. The number of thiazole rings is 1. The van der Waals surface area contributed by atoms with Crippen LogP contribution in [-0.4, -0.2) is 59.3 Å². The van der Waals surface area contributed by atoms with E-state index in [0.717, 1.165) is 77.7 Å². The summed E-state index contributed by atoms with van der Waals surface area (Å²) in [7, 11) is 0. The number of hydrogen-bond donors (Lipinski definition) is 1. The van der Waals surface area contributed by atoms with E-state index < -0.39 is 0 Å². The lowest BCUT2D eigenvalue weighted by atomic mass is 9.96. The molecule has 2 amide bonds. The second kappa shape index (κ2) is 10.9. The minimum absolute atomic E-state index is 0.00841. The third-order valence-corrected chi connectivity index (χ3v) is 6.88. The number of rotatable bonds is 7. The van der Waals surface area contributed by atoms with Crippen molar-refractivity contribution >= 4 is 23.2 Å². The first-order chi connectivity index (χ1) is 13.6. The van der Waals surface area contributed by atoms with Crippen LogP contribution in [0.1, 0.15) is 62.6 Å². The molecule has 2 saturated heterocycles. The van der Waals surface area contributed by atoms with Crippen molar-refractivity contribution < 1.29 is 9.59 Å². The summed E-state index contributed by atoms with van der Waals surface area (Å²) in [5, 5.41) is 6.46. The van der Waals surface area contributed by atoms with Crippen LogP contribution in [0.4, 0.5) is 0 Å². The summed E-state index contributed by atoms with van der Waals surface area (Å²) in [4.78, 5) is 33.3. The molecule has 1 aromatic rings. The Labute approximate surface area is 172 Å². The molecule has 0 saturated carbocycles. The van der Waals surface area contributed by atoms with E-state index >= 15 is 0 Å². The van der Waals surface area contributed by atoms with E-state index in [1.165, 1.54) is 10.7 Å². The molecule has 3 heterocycles. The van der Waals surface area contributed by atoms with Crippen LogP contribution in [0.2, 0.25) is 0 Å². The average Bonchev–Trinajstić information content (AvgIpc) is 3.15. The number of aryl methyl sites for hydroxylation is 1. The van der Waals surface area contributed by atoms with Crippen molar-refractivity contribution in [3.05, 3.63) is 16.1 Å². The maximum Gasteiger partial charge on any atom is 0.239 e. The second-order valence-electron chi connectivity index (χ2n) is 8.09. The molecule has 0 unspecified atom stereocenters. The van der Waals surface area contributed by atoms with Gasteiger partial charge >= 0.3 is 0 Å².